The van der Waals surface area contributed by atoms with Crippen LogP contribution in [0.25, 0.3) is 10.9 Å². The van der Waals surface area contributed by atoms with Crippen LogP contribution in [-0.2, 0) is 25.6 Å². The van der Waals surface area contributed by atoms with Gasteiger partial charge in [-0.15, -0.1) is 0 Å². The van der Waals surface area contributed by atoms with E-state index < -0.39 is 41.8 Å². The maximum absolute atomic E-state index is 12.8. The van der Waals surface area contributed by atoms with E-state index in [1.54, 1.807) is 20.0 Å². The normalized spacial score (nSPS) is 14.1. The van der Waals surface area contributed by atoms with Gasteiger partial charge in [-0.2, -0.15) is 0 Å². The van der Waals surface area contributed by atoms with Crippen molar-refractivity contribution in [2.75, 3.05) is 0 Å². The third-order valence-corrected chi connectivity index (χ3v) is 5.05. The average molecular weight is 431 g/mol. The third kappa shape index (κ3) is 6.54. The van der Waals surface area contributed by atoms with Crippen LogP contribution in [0.2, 0.25) is 0 Å². The number of carbonyl (C=O) groups excluding carboxylic acids is 3. The van der Waals surface area contributed by atoms with Gasteiger partial charge in [0.2, 0.25) is 17.7 Å². The molecular formula is C21H29N5O5. The van der Waals surface area contributed by atoms with Gasteiger partial charge in [0, 0.05) is 29.9 Å². The van der Waals surface area contributed by atoms with E-state index in [4.69, 9.17) is 11.5 Å². The van der Waals surface area contributed by atoms with Crippen LogP contribution < -0.4 is 22.1 Å². The van der Waals surface area contributed by atoms with Crippen molar-refractivity contribution in [3.8, 4) is 0 Å². The Hall–Kier alpha value is -3.40. The first-order valence-electron chi connectivity index (χ1n) is 10.0. The van der Waals surface area contributed by atoms with E-state index in [1.807, 2.05) is 24.3 Å². The van der Waals surface area contributed by atoms with Crippen LogP contribution in [0.1, 0.15) is 32.3 Å². The Morgan fingerprint density at radius 3 is 2.32 bits per heavy atom. The maximum atomic E-state index is 12.8. The topological polar surface area (TPSA) is 180 Å². The van der Waals surface area contributed by atoms with E-state index >= 15 is 0 Å². The van der Waals surface area contributed by atoms with Gasteiger partial charge in [-0.05, 0) is 24.0 Å². The number of aliphatic carboxylic acids is 1. The Kier molecular flexibility index (Phi) is 8.14. The lowest BCUT2D eigenvalue weighted by Crippen LogP contribution is -2.55. The van der Waals surface area contributed by atoms with Gasteiger partial charge in [0.15, 0.2) is 0 Å². The van der Waals surface area contributed by atoms with Crippen molar-refractivity contribution in [3.63, 3.8) is 0 Å². The van der Waals surface area contributed by atoms with E-state index in [2.05, 4.69) is 15.6 Å². The molecule has 0 saturated heterocycles. The SMILES string of the molecule is CC(C)[C@H](N)C(=O)N[C@@H](CCC(N)=O)C(=O)N[C@@H](Cc1c[nH]c2ccccc12)C(=O)O. The largest absolute Gasteiger partial charge is 0.480 e. The number of hydrogen-bond donors (Lipinski definition) is 6. The van der Waals surface area contributed by atoms with Crippen LogP contribution in [0, 0.1) is 5.92 Å². The minimum Gasteiger partial charge on any atom is -0.480 e. The number of primary amides is 1. The van der Waals surface area contributed by atoms with Crippen LogP contribution in [-0.4, -0.2) is 51.9 Å². The zero-order valence-corrected chi connectivity index (χ0v) is 17.6. The molecule has 0 radical (unpaired) electrons. The Balaban J connectivity index is 2.15. The fourth-order valence-corrected chi connectivity index (χ4v) is 3.12. The van der Waals surface area contributed by atoms with Gasteiger partial charge in [0.05, 0.1) is 6.04 Å². The van der Waals surface area contributed by atoms with Crippen molar-refractivity contribution in [1.82, 2.24) is 15.6 Å². The molecule has 31 heavy (non-hydrogen) atoms. The summed E-state index contributed by atoms with van der Waals surface area (Å²) in [4.78, 5) is 51.2. The minimum atomic E-state index is -1.24. The molecule has 0 aliphatic carbocycles. The average Bonchev–Trinajstić information content (AvgIpc) is 3.12. The van der Waals surface area contributed by atoms with Gasteiger partial charge in [-0.1, -0.05) is 32.0 Å². The number of carboxylic acids is 1. The zero-order chi connectivity index (χ0) is 23.1. The summed E-state index contributed by atoms with van der Waals surface area (Å²) in [6.07, 6.45) is 1.50. The number of fused-ring (bicyclic) bond motifs is 1. The Morgan fingerprint density at radius 2 is 1.71 bits per heavy atom. The number of hydrogen-bond acceptors (Lipinski definition) is 5. The molecule has 10 heteroatoms. The summed E-state index contributed by atoms with van der Waals surface area (Å²) in [7, 11) is 0. The van der Waals surface area contributed by atoms with Crippen LogP contribution in [0.4, 0.5) is 0 Å². The lowest BCUT2D eigenvalue weighted by atomic mass is 10.0. The van der Waals surface area contributed by atoms with Crippen molar-refractivity contribution >= 4 is 34.6 Å². The molecule has 0 saturated carbocycles. The molecule has 2 rings (SSSR count). The van der Waals surface area contributed by atoms with Gasteiger partial charge in [-0.3, -0.25) is 14.4 Å². The number of H-pyrrole nitrogens is 1. The predicted octanol–water partition coefficient (Wildman–Crippen LogP) is 0.0134. The molecule has 1 aromatic carbocycles. The van der Waals surface area contributed by atoms with Crippen LogP contribution >= 0.6 is 0 Å². The Labute approximate surface area is 179 Å². The molecule has 3 amide bonds. The monoisotopic (exact) mass is 431 g/mol. The molecule has 10 nitrogen and oxygen atoms in total. The molecule has 168 valence electrons. The molecule has 0 aliphatic rings. The summed E-state index contributed by atoms with van der Waals surface area (Å²) in [5, 5.41) is 15.4. The van der Waals surface area contributed by atoms with Gasteiger partial charge in [0.25, 0.3) is 0 Å². The molecule has 2 aromatic rings. The number of carboxylic acid groups (broad SMARTS) is 1. The smallest absolute Gasteiger partial charge is 0.326 e. The third-order valence-electron chi connectivity index (χ3n) is 5.05. The van der Waals surface area contributed by atoms with Crippen molar-refractivity contribution < 1.29 is 24.3 Å². The predicted molar refractivity (Wildman–Crippen MR) is 115 cm³/mol. The number of amides is 3. The van der Waals surface area contributed by atoms with Crippen molar-refractivity contribution in [2.24, 2.45) is 17.4 Å². The summed E-state index contributed by atoms with van der Waals surface area (Å²) in [6.45, 7) is 3.51. The molecule has 0 fully saturated rings. The van der Waals surface area contributed by atoms with Gasteiger partial charge < -0.3 is 32.2 Å². The van der Waals surface area contributed by atoms with Crippen molar-refractivity contribution in [3.05, 3.63) is 36.0 Å². The number of carbonyl (C=O) groups is 4. The highest BCUT2D eigenvalue weighted by atomic mass is 16.4. The van der Waals surface area contributed by atoms with E-state index in [0.717, 1.165) is 16.5 Å². The molecule has 3 atom stereocenters. The fraction of sp³-hybridized carbons (Fsp3) is 0.429. The van der Waals surface area contributed by atoms with Gasteiger partial charge in [0.1, 0.15) is 12.1 Å². The number of benzene rings is 1. The second kappa shape index (κ2) is 10.6. The van der Waals surface area contributed by atoms with Crippen molar-refractivity contribution in [1.29, 1.82) is 0 Å². The van der Waals surface area contributed by atoms with Crippen LogP contribution in [0.15, 0.2) is 30.5 Å². The second-order valence-electron chi connectivity index (χ2n) is 7.80. The molecule has 0 unspecified atom stereocenters. The fourth-order valence-electron chi connectivity index (χ4n) is 3.12. The second-order valence-corrected chi connectivity index (χ2v) is 7.80. The van der Waals surface area contributed by atoms with Crippen molar-refractivity contribution in [2.45, 2.75) is 51.2 Å². The lowest BCUT2D eigenvalue weighted by Gasteiger charge is -2.23. The quantitative estimate of drug-likeness (QED) is 0.291. The molecule has 0 spiro atoms. The first-order valence-corrected chi connectivity index (χ1v) is 10.0. The maximum Gasteiger partial charge on any atom is 0.326 e. The van der Waals surface area contributed by atoms with Gasteiger partial charge in [-0.25, -0.2) is 4.79 Å². The Morgan fingerprint density at radius 1 is 1.06 bits per heavy atom. The number of para-hydroxylation sites is 1. The summed E-state index contributed by atoms with van der Waals surface area (Å²) < 4.78 is 0. The highest BCUT2D eigenvalue weighted by Crippen LogP contribution is 2.19. The standard InChI is InChI=1S/C21H29N5O5/c1-11(2)18(23)20(29)25-15(7-8-17(22)27)19(28)26-16(21(30)31)9-12-10-24-14-6-4-3-5-13(12)14/h3-6,10-11,15-16,18,24H,7-9,23H2,1-2H3,(H2,22,27)(H,25,29)(H,26,28)(H,30,31)/t15-,16-,18-/m0/s1. The van der Waals surface area contributed by atoms with E-state index in [1.165, 1.54) is 0 Å². The minimum absolute atomic E-state index is 0.0348. The zero-order valence-electron chi connectivity index (χ0n) is 17.6. The molecule has 0 aliphatic heterocycles. The summed E-state index contributed by atoms with van der Waals surface area (Å²) >= 11 is 0. The van der Waals surface area contributed by atoms with E-state index in [9.17, 15) is 24.3 Å². The molecule has 0 bridgehead atoms. The number of aromatic nitrogens is 1. The number of rotatable bonds is 11. The summed E-state index contributed by atoms with van der Waals surface area (Å²) in [5.74, 6) is -3.33. The first kappa shape index (κ1) is 23.9. The lowest BCUT2D eigenvalue weighted by molar-refractivity contribution is -0.142. The molecule has 1 heterocycles. The molecule has 8 N–H and O–H groups in total. The van der Waals surface area contributed by atoms with Crippen LogP contribution in [0.5, 0.6) is 0 Å². The van der Waals surface area contributed by atoms with Crippen LogP contribution in [0.3, 0.4) is 0 Å². The summed E-state index contributed by atoms with van der Waals surface area (Å²) in [5.41, 5.74) is 12.6. The first-order chi connectivity index (χ1) is 14.6. The summed E-state index contributed by atoms with van der Waals surface area (Å²) in [6, 6.07) is 4.17. The molecule has 1 aromatic heterocycles. The number of aromatic amines is 1. The highest BCUT2D eigenvalue weighted by molar-refractivity contribution is 5.92. The van der Waals surface area contributed by atoms with E-state index in [0.29, 0.717) is 0 Å². The number of nitrogens with one attached hydrogen (secondary N) is 3. The number of nitrogens with two attached hydrogens (primary N) is 2. The van der Waals surface area contributed by atoms with Gasteiger partial charge >= 0.3 is 5.97 Å². The van der Waals surface area contributed by atoms with E-state index in [-0.39, 0.29) is 25.2 Å². The highest BCUT2D eigenvalue weighted by Gasteiger charge is 2.29. The molecular weight excluding hydrogens is 402 g/mol. The Bertz CT molecular complexity index is 955.